The fraction of sp³-hybridized carbons (Fsp3) is 0.129. The van der Waals surface area contributed by atoms with Crippen LogP contribution in [-0.4, -0.2) is 20.1 Å². The number of carbonyl (C=O) groups is 1. The Morgan fingerprint density at radius 2 is 1.59 bits per heavy atom. The maximum atomic E-state index is 14.0. The van der Waals surface area contributed by atoms with E-state index in [1.54, 1.807) is 9.08 Å². The van der Waals surface area contributed by atoms with Gasteiger partial charge in [0.1, 0.15) is 11.2 Å². The number of aromatic nitrogens is 3. The highest BCUT2D eigenvalue weighted by Gasteiger charge is 2.33. The van der Waals surface area contributed by atoms with Crippen molar-refractivity contribution in [1.29, 1.82) is 0 Å². The van der Waals surface area contributed by atoms with Crippen LogP contribution < -0.4 is 10.9 Å². The smallest absolute Gasteiger partial charge is 0.278 e. The Kier molecular flexibility index (Phi) is 4.92. The summed E-state index contributed by atoms with van der Waals surface area (Å²) in [5.74, 6) is -0.299. The van der Waals surface area contributed by atoms with E-state index in [0.717, 1.165) is 40.1 Å². The van der Waals surface area contributed by atoms with E-state index in [-0.39, 0.29) is 17.5 Å². The van der Waals surface area contributed by atoms with Crippen LogP contribution in [0.1, 0.15) is 40.6 Å². The van der Waals surface area contributed by atoms with Gasteiger partial charge in [-0.25, -0.2) is 4.52 Å². The molecule has 37 heavy (non-hydrogen) atoms. The number of carbonyl (C=O) groups excluding carboxylic acids is 1. The van der Waals surface area contributed by atoms with Gasteiger partial charge in [0, 0.05) is 23.5 Å². The quantitative estimate of drug-likeness (QED) is 0.327. The van der Waals surface area contributed by atoms with Crippen molar-refractivity contribution < 1.29 is 4.79 Å². The van der Waals surface area contributed by atoms with Crippen molar-refractivity contribution in [2.75, 3.05) is 5.32 Å². The molecule has 2 heterocycles. The van der Waals surface area contributed by atoms with E-state index < -0.39 is 0 Å². The third-order valence-electron chi connectivity index (χ3n) is 7.12. The average molecular weight is 485 g/mol. The molecule has 6 heteroatoms. The summed E-state index contributed by atoms with van der Waals surface area (Å²) in [6.45, 7) is 0. The maximum absolute atomic E-state index is 14.0. The standard InChI is InChI=1S/C31H24N4O2/c36-30(32-23-15-14-21-10-4-5-11-22(21)19-23)29-27(18-20-8-2-1-3-9-20)35-28(31(37)34(29)24-16-17-24)25-12-6-7-13-26(25)33-35/h1-15,19,24H,16-18H2,(H,32,36). The summed E-state index contributed by atoms with van der Waals surface area (Å²) in [5.41, 5.74) is 3.92. The lowest BCUT2D eigenvalue weighted by atomic mass is 10.1. The number of fused-ring (bicyclic) bond motifs is 4. The van der Waals surface area contributed by atoms with Crippen molar-refractivity contribution in [1.82, 2.24) is 14.2 Å². The van der Waals surface area contributed by atoms with Gasteiger partial charge in [0.15, 0.2) is 0 Å². The zero-order chi connectivity index (χ0) is 24.9. The maximum Gasteiger partial charge on any atom is 0.278 e. The second kappa shape index (κ2) is 8.45. The first-order valence-electron chi connectivity index (χ1n) is 12.6. The Bertz CT molecular complexity index is 1880. The zero-order valence-electron chi connectivity index (χ0n) is 20.1. The van der Waals surface area contributed by atoms with Crippen LogP contribution in [0.25, 0.3) is 27.2 Å². The van der Waals surface area contributed by atoms with Gasteiger partial charge in [-0.05, 0) is 47.4 Å². The van der Waals surface area contributed by atoms with Crippen LogP contribution in [-0.2, 0) is 6.42 Å². The van der Waals surface area contributed by atoms with Gasteiger partial charge in [-0.3, -0.25) is 14.2 Å². The third-order valence-corrected chi connectivity index (χ3v) is 7.12. The minimum Gasteiger partial charge on any atom is -0.321 e. The predicted molar refractivity (Wildman–Crippen MR) is 146 cm³/mol. The van der Waals surface area contributed by atoms with Gasteiger partial charge in [-0.15, -0.1) is 0 Å². The largest absolute Gasteiger partial charge is 0.321 e. The van der Waals surface area contributed by atoms with E-state index in [9.17, 15) is 9.59 Å². The molecule has 1 fully saturated rings. The Labute approximate surface area is 212 Å². The first-order valence-corrected chi connectivity index (χ1v) is 12.6. The minimum absolute atomic E-state index is 0.0121. The summed E-state index contributed by atoms with van der Waals surface area (Å²) >= 11 is 0. The molecule has 0 atom stereocenters. The molecule has 0 unspecified atom stereocenters. The Hall–Kier alpha value is -4.71. The molecule has 0 bridgehead atoms. The van der Waals surface area contributed by atoms with Gasteiger partial charge >= 0.3 is 0 Å². The van der Waals surface area contributed by atoms with E-state index in [0.29, 0.717) is 29.0 Å². The molecule has 2 aromatic heterocycles. The molecule has 6 nitrogen and oxygen atoms in total. The van der Waals surface area contributed by atoms with Gasteiger partial charge in [0.05, 0.1) is 11.2 Å². The van der Waals surface area contributed by atoms with Crippen molar-refractivity contribution >= 4 is 38.8 Å². The van der Waals surface area contributed by atoms with E-state index >= 15 is 0 Å². The second-order valence-electron chi connectivity index (χ2n) is 9.66. The number of hydrogen-bond donors (Lipinski definition) is 1. The fourth-order valence-electron chi connectivity index (χ4n) is 5.22. The summed E-state index contributed by atoms with van der Waals surface area (Å²) < 4.78 is 3.42. The average Bonchev–Trinajstić information content (AvgIpc) is 3.69. The SMILES string of the molecule is O=C(Nc1ccc2ccccc2c1)c1c(Cc2ccccc2)n2nc3ccccc3c2c(=O)n1C1CC1. The number of rotatable bonds is 5. The number of amides is 1. The summed E-state index contributed by atoms with van der Waals surface area (Å²) in [7, 11) is 0. The highest BCUT2D eigenvalue weighted by atomic mass is 16.2. The van der Waals surface area contributed by atoms with Crippen LogP contribution in [0.3, 0.4) is 0 Å². The lowest BCUT2D eigenvalue weighted by molar-refractivity contribution is 0.101. The summed E-state index contributed by atoms with van der Waals surface area (Å²) in [6.07, 6.45) is 2.23. The monoisotopic (exact) mass is 484 g/mol. The Morgan fingerprint density at radius 3 is 2.41 bits per heavy atom. The van der Waals surface area contributed by atoms with Crippen LogP contribution in [0, 0.1) is 0 Å². The highest BCUT2D eigenvalue weighted by molar-refractivity contribution is 6.06. The third kappa shape index (κ3) is 3.69. The number of benzene rings is 4. The van der Waals surface area contributed by atoms with Crippen molar-refractivity contribution in [3.63, 3.8) is 0 Å². The Balaban J connectivity index is 1.46. The molecule has 0 spiro atoms. The Morgan fingerprint density at radius 1 is 0.865 bits per heavy atom. The topological polar surface area (TPSA) is 68.4 Å². The van der Waals surface area contributed by atoms with Crippen LogP contribution in [0.4, 0.5) is 5.69 Å². The first-order chi connectivity index (χ1) is 18.2. The lowest BCUT2D eigenvalue weighted by Crippen LogP contribution is -2.33. The number of nitrogens with one attached hydrogen (secondary N) is 1. The molecular weight excluding hydrogens is 460 g/mol. The molecule has 0 saturated heterocycles. The van der Waals surface area contributed by atoms with Gasteiger partial charge in [0.2, 0.25) is 0 Å². The summed E-state index contributed by atoms with van der Waals surface area (Å²) in [5, 5.41) is 10.8. The van der Waals surface area contributed by atoms with Crippen molar-refractivity contribution in [2.45, 2.75) is 25.3 Å². The number of nitrogens with zero attached hydrogens (tertiary/aromatic N) is 3. The van der Waals surface area contributed by atoms with Crippen molar-refractivity contribution in [3.8, 4) is 0 Å². The molecule has 1 amide bonds. The number of anilines is 1. The van der Waals surface area contributed by atoms with Crippen molar-refractivity contribution in [2.24, 2.45) is 0 Å². The predicted octanol–water partition coefficient (Wildman–Crippen LogP) is 5.98. The molecule has 0 aliphatic heterocycles. The first kappa shape index (κ1) is 21.6. The minimum atomic E-state index is -0.299. The van der Waals surface area contributed by atoms with Crippen LogP contribution in [0.2, 0.25) is 0 Å². The van der Waals surface area contributed by atoms with Crippen LogP contribution in [0.15, 0.2) is 102 Å². The van der Waals surface area contributed by atoms with Gasteiger partial charge in [0.25, 0.3) is 11.5 Å². The molecule has 1 N–H and O–H groups in total. The van der Waals surface area contributed by atoms with E-state index in [1.807, 2.05) is 97.1 Å². The summed E-state index contributed by atoms with van der Waals surface area (Å²) in [6, 6.07) is 31.6. The molecule has 1 aliphatic carbocycles. The van der Waals surface area contributed by atoms with E-state index in [4.69, 9.17) is 5.10 Å². The number of hydrogen-bond acceptors (Lipinski definition) is 3. The zero-order valence-corrected chi connectivity index (χ0v) is 20.1. The molecular formula is C31H24N4O2. The highest BCUT2D eigenvalue weighted by Crippen LogP contribution is 2.36. The molecule has 180 valence electrons. The van der Waals surface area contributed by atoms with Gasteiger partial charge < -0.3 is 5.32 Å². The van der Waals surface area contributed by atoms with Crippen LogP contribution in [0.5, 0.6) is 0 Å². The second-order valence-corrected chi connectivity index (χ2v) is 9.66. The molecule has 1 aliphatic rings. The van der Waals surface area contributed by atoms with Gasteiger partial charge in [-0.1, -0.05) is 78.9 Å². The fourth-order valence-corrected chi connectivity index (χ4v) is 5.22. The van der Waals surface area contributed by atoms with Crippen molar-refractivity contribution in [3.05, 3.63) is 124 Å². The lowest BCUT2D eigenvalue weighted by Gasteiger charge is -2.18. The molecule has 7 rings (SSSR count). The molecule has 6 aromatic rings. The molecule has 4 aromatic carbocycles. The van der Waals surface area contributed by atoms with E-state index in [1.165, 1.54) is 0 Å². The normalized spacial score (nSPS) is 13.4. The van der Waals surface area contributed by atoms with Gasteiger partial charge in [-0.2, -0.15) is 5.10 Å². The molecule has 0 radical (unpaired) electrons. The van der Waals surface area contributed by atoms with E-state index in [2.05, 4.69) is 5.32 Å². The summed E-state index contributed by atoms with van der Waals surface area (Å²) in [4.78, 5) is 28.0. The van der Waals surface area contributed by atoms with Crippen LogP contribution >= 0.6 is 0 Å². The molecule has 1 saturated carbocycles.